The molecule has 1 aliphatic heterocycles. The second-order valence-electron chi connectivity index (χ2n) is 11.2. The quantitative estimate of drug-likeness (QED) is 0.201. The number of ether oxygens (including phenoxy) is 1. The van der Waals surface area contributed by atoms with Gasteiger partial charge in [0.15, 0.2) is 0 Å². The number of para-hydroxylation sites is 2. The molecule has 1 aliphatic rings. The van der Waals surface area contributed by atoms with Crippen molar-refractivity contribution in [3.8, 4) is 23.2 Å². The van der Waals surface area contributed by atoms with E-state index in [4.69, 9.17) is 15.0 Å². The molecule has 3 aromatic carbocycles. The van der Waals surface area contributed by atoms with Gasteiger partial charge < -0.3 is 14.2 Å². The zero-order valence-electron chi connectivity index (χ0n) is 24.3. The lowest BCUT2D eigenvalue weighted by Crippen LogP contribution is -2.40. The highest BCUT2D eigenvalue weighted by Crippen LogP contribution is 2.27. The number of halogens is 2. The van der Waals surface area contributed by atoms with Gasteiger partial charge in [0, 0.05) is 50.2 Å². The maximum atomic E-state index is 15.6. The molecule has 0 N–H and O–H groups in total. The molecular weight excluding hydrogens is 560 g/mol. The number of nitriles is 1. The highest BCUT2D eigenvalue weighted by molar-refractivity contribution is 5.76. The molecular formula is C35H31F2N5O2. The molecule has 1 amide bonds. The number of carbonyl (C=O) groups excluding carboxylic acids is 1. The van der Waals surface area contributed by atoms with E-state index in [9.17, 15) is 9.18 Å². The van der Waals surface area contributed by atoms with Gasteiger partial charge in [-0.15, -0.1) is 0 Å². The van der Waals surface area contributed by atoms with Crippen LogP contribution >= 0.6 is 0 Å². The van der Waals surface area contributed by atoms with E-state index in [-0.39, 0.29) is 29.8 Å². The number of rotatable bonds is 8. The Bertz CT molecular complexity index is 1880. The van der Waals surface area contributed by atoms with Crippen molar-refractivity contribution >= 4 is 16.9 Å². The molecule has 2 aromatic heterocycles. The second kappa shape index (κ2) is 12.6. The number of hydrogen-bond acceptors (Lipinski definition) is 5. The van der Waals surface area contributed by atoms with Crippen LogP contribution in [-0.2, 0) is 24.4 Å². The minimum absolute atomic E-state index is 0.0596. The number of amides is 1. The summed E-state index contributed by atoms with van der Waals surface area (Å²) < 4.78 is 37.7. The first-order chi connectivity index (χ1) is 21.4. The first-order valence-corrected chi connectivity index (χ1v) is 14.6. The number of hydrogen-bond donors (Lipinski definition) is 0. The van der Waals surface area contributed by atoms with E-state index in [0.717, 1.165) is 36.2 Å². The summed E-state index contributed by atoms with van der Waals surface area (Å²) >= 11 is 0. The Hall–Kier alpha value is -5.10. The fourth-order valence-electron chi connectivity index (χ4n) is 5.78. The standard InChI is InChI=1S/C35H31F2N5O2/c1-23(43)41-15-5-6-25(20-41)21-42-33-9-3-2-7-32(33)39-34(42)18-26-13-14-27(17-30(26)37)31-8-4-10-35(40-31)44-22-28-12-11-24(19-38)16-29(28)36/h2-4,7-14,16-17,25H,5-6,15,18,20-22H2,1H3. The van der Waals surface area contributed by atoms with Gasteiger partial charge in [-0.3, -0.25) is 4.79 Å². The van der Waals surface area contributed by atoms with Crippen molar-refractivity contribution in [2.24, 2.45) is 5.92 Å². The monoisotopic (exact) mass is 591 g/mol. The first kappa shape index (κ1) is 29.0. The van der Waals surface area contributed by atoms with Crippen LogP contribution in [0.4, 0.5) is 8.78 Å². The number of aromatic nitrogens is 3. The van der Waals surface area contributed by atoms with Crippen LogP contribution in [0.5, 0.6) is 5.88 Å². The van der Waals surface area contributed by atoms with Crippen molar-refractivity contribution in [3.05, 3.63) is 113 Å². The summed E-state index contributed by atoms with van der Waals surface area (Å²) in [6.07, 6.45) is 2.31. The van der Waals surface area contributed by atoms with Crippen LogP contribution in [0, 0.1) is 28.9 Å². The summed E-state index contributed by atoms with van der Waals surface area (Å²) in [5.41, 5.74) is 4.02. The molecule has 0 saturated carbocycles. The normalized spacial score (nSPS) is 14.9. The first-order valence-electron chi connectivity index (χ1n) is 14.6. The van der Waals surface area contributed by atoms with Gasteiger partial charge in [0.05, 0.1) is 28.4 Å². The number of benzene rings is 3. The van der Waals surface area contributed by atoms with Crippen LogP contribution in [0.15, 0.2) is 78.9 Å². The maximum Gasteiger partial charge on any atom is 0.219 e. The van der Waals surface area contributed by atoms with E-state index < -0.39 is 5.82 Å². The van der Waals surface area contributed by atoms with Crippen molar-refractivity contribution in [2.75, 3.05) is 13.1 Å². The largest absolute Gasteiger partial charge is 0.473 e. The van der Waals surface area contributed by atoms with Gasteiger partial charge in [0.2, 0.25) is 11.8 Å². The van der Waals surface area contributed by atoms with Crippen molar-refractivity contribution in [2.45, 2.75) is 39.3 Å². The number of piperidine rings is 1. The van der Waals surface area contributed by atoms with Crippen LogP contribution in [0.3, 0.4) is 0 Å². The van der Waals surface area contributed by atoms with E-state index in [1.807, 2.05) is 41.3 Å². The molecule has 0 bridgehead atoms. The van der Waals surface area contributed by atoms with Gasteiger partial charge >= 0.3 is 0 Å². The van der Waals surface area contributed by atoms with E-state index in [0.29, 0.717) is 47.8 Å². The molecule has 44 heavy (non-hydrogen) atoms. The predicted molar refractivity (Wildman–Crippen MR) is 163 cm³/mol. The fourth-order valence-corrected chi connectivity index (χ4v) is 5.78. The fraction of sp³-hybridized carbons (Fsp3) is 0.257. The summed E-state index contributed by atoms with van der Waals surface area (Å²) in [5, 5.41) is 8.94. The molecule has 0 spiro atoms. The molecule has 1 fully saturated rings. The average Bonchev–Trinajstić information content (AvgIpc) is 3.38. The lowest BCUT2D eigenvalue weighted by atomic mass is 9.97. The van der Waals surface area contributed by atoms with Gasteiger partial charge in [-0.1, -0.05) is 36.4 Å². The Labute approximate surface area is 254 Å². The van der Waals surface area contributed by atoms with E-state index in [1.165, 1.54) is 24.3 Å². The summed E-state index contributed by atoms with van der Waals surface area (Å²) in [5.74, 6) is 0.555. The number of fused-ring (bicyclic) bond motifs is 1. The zero-order chi connectivity index (χ0) is 30.6. The number of pyridine rings is 1. The number of likely N-dealkylation sites (tertiary alicyclic amines) is 1. The van der Waals surface area contributed by atoms with Gasteiger partial charge in [-0.05, 0) is 60.7 Å². The van der Waals surface area contributed by atoms with Crippen LogP contribution in [0.1, 0.15) is 42.3 Å². The number of carbonyl (C=O) groups is 1. The van der Waals surface area contributed by atoms with Crippen molar-refractivity contribution in [3.63, 3.8) is 0 Å². The number of nitrogens with zero attached hydrogens (tertiary/aromatic N) is 5. The van der Waals surface area contributed by atoms with Gasteiger partial charge in [0.25, 0.3) is 0 Å². The van der Waals surface area contributed by atoms with Crippen molar-refractivity contribution in [1.29, 1.82) is 5.26 Å². The SMILES string of the molecule is CC(=O)N1CCCC(Cn2c(Cc3ccc(-c4cccc(OCc5ccc(C#N)cc5F)n4)cc3F)nc3ccccc32)C1. The minimum atomic E-state index is -0.525. The predicted octanol–water partition coefficient (Wildman–Crippen LogP) is 6.68. The molecule has 5 aromatic rings. The summed E-state index contributed by atoms with van der Waals surface area (Å²) in [6, 6.07) is 24.2. The maximum absolute atomic E-state index is 15.6. The number of imidazole rings is 1. The van der Waals surface area contributed by atoms with Crippen LogP contribution in [0.2, 0.25) is 0 Å². The van der Waals surface area contributed by atoms with E-state index in [1.54, 1.807) is 31.2 Å². The molecule has 7 nitrogen and oxygen atoms in total. The molecule has 222 valence electrons. The highest BCUT2D eigenvalue weighted by atomic mass is 19.1. The molecule has 6 rings (SSSR count). The van der Waals surface area contributed by atoms with Crippen LogP contribution < -0.4 is 4.74 Å². The molecule has 1 atom stereocenters. The summed E-state index contributed by atoms with van der Waals surface area (Å²) in [6.45, 7) is 3.77. The topological polar surface area (TPSA) is 84.0 Å². The van der Waals surface area contributed by atoms with E-state index in [2.05, 4.69) is 9.55 Å². The Morgan fingerprint density at radius 3 is 2.61 bits per heavy atom. The lowest BCUT2D eigenvalue weighted by Gasteiger charge is -2.32. The summed E-state index contributed by atoms with van der Waals surface area (Å²) in [7, 11) is 0. The van der Waals surface area contributed by atoms with Gasteiger partial charge in [-0.2, -0.15) is 5.26 Å². The molecule has 1 unspecified atom stereocenters. The molecule has 9 heteroatoms. The Balaban J connectivity index is 1.20. The van der Waals surface area contributed by atoms with Crippen LogP contribution in [-0.4, -0.2) is 38.4 Å². The highest BCUT2D eigenvalue weighted by Gasteiger charge is 2.24. The Morgan fingerprint density at radius 2 is 1.82 bits per heavy atom. The van der Waals surface area contributed by atoms with Crippen molar-refractivity contribution in [1.82, 2.24) is 19.4 Å². The van der Waals surface area contributed by atoms with Crippen molar-refractivity contribution < 1.29 is 18.3 Å². The third kappa shape index (κ3) is 6.30. The molecule has 0 radical (unpaired) electrons. The van der Waals surface area contributed by atoms with Gasteiger partial charge in [-0.25, -0.2) is 18.7 Å². The second-order valence-corrected chi connectivity index (χ2v) is 11.2. The summed E-state index contributed by atoms with van der Waals surface area (Å²) in [4.78, 5) is 23.3. The minimum Gasteiger partial charge on any atom is -0.473 e. The average molecular weight is 592 g/mol. The molecule has 1 saturated heterocycles. The zero-order valence-corrected chi connectivity index (χ0v) is 24.3. The Kier molecular flexibility index (Phi) is 8.33. The smallest absolute Gasteiger partial charge is 0.219 e. The van der Waals surface area contributed by atoms with E-state index >= 15 is 4.39 Å². The Morgan fingerprint density at radius 1 is 1.00 bits per heavy atom. The third-order valence-electron chi connectivity index (χ3n) is 8.12. The van der Waals surface area contributed by atoms with Crippen LogP contribution in [0.25, 0.3) is 22.3 Å². The molecule has 0 aliphatic carbocycles. The van der Waals surface area contributed by atoms with Gasteiger partial charge in [0.1, 0.15) is 24.1 Å². The molecule has 3 heterocycles. The lowest BCUT2D eigenvalue weighted by molar-refractivity contribution is -0.130. The third-order valence-corrected chi connectivity index (χ3v) is 8.12.